The molecule has 0 aliphatic carbocycles. The molecular formula is C19H18O5. The first-order chi connectivity index (χ1) is 11.5. The Morgan fingerprint density at radius 3 is 2.42 bits per heavy atom. The minimum absolute atomic E-state index is 0.00105. The number of ether oxygens (including phenoxy) is 2. The third-order valence-corrected chi connectivity index (χ3v) is 3.38. The smallest absolute Gasteiger partial charge is 0.328 e. The Morgan fingerprint density at radius 1 is 1.12 bits per heavy atom. The lowest BCUT2D eigenvalue weighted by Gasteiger charge is -2.11. The van der Waals surface area contributed by atoms with E-state index in [1.165, 1.54) is 13.0 Å². The second-order valence-electron chi connectivity index (χ2n) is 5.11. The summed E-state index contributed by atoms with van der Waals surface area (Å²) in [5.41, 5.74) is 2.16. The molecule has 0 aliphatic heterocycles. The molecule has 0 radical (unpaired) electrons. The van der Waals surface area contributed by atoms with Gasteiger partial charge in [-0.3, -0.25) is 4.79 Å². The Labute approximate surface area is 140 Å². The van der Waals surface area contributed by atoms with Gasteiger partial charge in [-0.25, -0.2) is 4.79 Å². The molecule has 1 N–H and O–H groups in total. The molecule has 5 heteroatoms. The summed E-state index contributed by atoms with van der Waals surface area (Å²) >= 11 is 0. The van der Waals surface area contributed by atoms with Crippen LogP contribution in [0.15, 0.2) is 48.5 Å². The number of carboxylic acid groups (broad SMARTS) is 1. The van der Waals surface area contributed by atoms with Crippen molar-refractivity contribution in [3.05, 3.63) is 65.2 Å². The molecule has 0 unspecified atom stereocenters. The van der Waals surface area contributed by atoms with Crippen molar-refractivity contribution < 1.29 is 24.2 Å². The minimum Gasteiger partial charge on any atom is -0.496 e. The van der Waals surface area contributed by atoms with Gasteiger partial charge in [0.25, 0.3) is 0 Å². The summed E-state index contributed by atoms with van der Waals surface area (Å²) in [6.07, 6.45) is 2.58. The van der Waals surface area contributed by atoms with Gasteiger partial charge in [-0.2, -0.15) is 0 Å². The van der Waals surface area contributed by atoms with Crippen LogP contribution in [0.1, 0.15) is 28.4 Å². The second kappa shape index (κ2) is 7.97. The molecule has 2 rings (SSSR count). The van der Waals surface area contributed by atoms with Gasteiger partial charge in [-0.15, -0.1) is 0 Å². The zero-order chi connectivity index (χ0) is 17.5. The number of benzene rings is 2. The van der Waals surface area contributed by atoms with Crippen molar-refractivity contribution >= 4 is 17.8 Å². The van der Waals surface area contributed by atoms with Gasteiger partial charge < -0.3 is 14.6 Å². The summed E-state index contributed by atoms with van der Waals surface area (Å²) < 4.78 is 11.0. The fourth-order valence-corrected chi connectivity index (χ4v) is 2.13. The molecule has 124 valence electrons. The molecule has 0 spiro atoms. The molecule has 0 saturated heterocycles. The summed E-state index contributed by atoms with van der Waals surface area (Å²) in [6, 6.07) is 12.2. The molecule has 0 bridgehead atoms. The van der Waals surface area contributed by atoms with Crippen LogP contribution >= 0.6 is 0 Å². The van der Waals surface area contributed by atoms with Crippen LogP contribution in [-0.2, 0) is 11.4 Å². The maximum absolute atomic E-state index is 11.3. The standard InChI is InChI=1S/C19H18O5/c1-13(20)15-5-7-17(8-6-15)24-12-16-11-14(4-10-19(21)22)3-9-18(16)23-2/h3-11H,12H2,1-2H3,(H,21,22)/b10-4+. The van der Waals surface area contributed by atoms with Crippen LogP contribution in [0.3, 0.4) is 0 Å². The minimum atomic E-state index is -1.01. The van der Waals surface area contributed by atoms with E-state index < -0.39 is 5.97 Å². The summed E-state index contributed by atoms with van der Waals surface area (Å²) in [5.74, 6) is 0.284. The van der Waals surface area contributed by atoms with E-state index >= 15 is 0 Å². The van der Waals surface area contributed by atoms with Crippen molar-refractivity contribution in [1.29, 1.82) is 0 Å². The van der Waals surface area contributed by atoms with Crippen molar-refractivity contribution in [2.24, 2.45) is 0 Å². The Morgan fingerprint density at radius 2 is 1.83 bits per heavy atom. The SMILES string of the molecule is COc1ccc(/C=C/C(=O)O)cc1COc1ccc(C(C)=O)cc1. The van der Waals surface area contributed by atoms with Gasteiger partial charge in [-0.1, -0.05) is 6.07 Å². The van der Waals surface area contributed by atoms with Crippen LogP contribution in [0.2, 0.25) is 0 Å². The Hall–Kier alpha value is -3.08. The highest BCUT2D eigenvalue weighted by atomic mass is 16.5. The molecule has 24 heavy (non-hydrogen) atoms. The van der Waals surface area contributed by atoms with E-state index in [9.17, 15) is 9.59 Å². The van der Waals surface area contributed by atoms with Crippen LogP contribution in [0.4, 0.5) is 0 Å². The van der Waals surface area contributed by atoms with Gasteiger partial charge in [0, 0.05) is 17.2 Å². The van der Waals surface area contributed by atoms with E-state index in [0.29, 0.717) is 17.1 Å². The van der Waals surface area contributed by atoms with E-state index in [1.54, 1.807) is 43.5 Å². The normalized spacial score (nSPS) is 10.6. The molecule has 0 amide bonds. The molecule has 5 nitrogen and oxygen atoms in total. The number of rotatable bonds is 7. The molecule has 2 aromatic carbocycles. The van der Waals surface area contributed by atoms with Crippen LogP contribution in [-0.4, -0.2) is 24.0 Å². The molecule has 0 atom stereocenters. The summed E-state index contributed by atoms with van der Waals surface area (Å²) in [5, 5.41) is 8.70. The first-order valence-electron chi connectivity index (χ1n) is 7.31. The fraction of sp³-hybridized carbons (Fsp3) is 0.158. The van der Waals surface area contributed by atoms with Crippen molar-refractivity contribution in [2.45, 2.75) is 13.5 Å². The van der Waals surface area contributed by atoms with Crippen LogP contribution in [0, 0.1) is 0 Å². The summed E-state index contributed by atoms with van der Waals surface area (Å²) in [7, 11) is 1.56. The lowest BCUT2D eigenvalue weighted by Crippen LogP contribution is -2.00. The van der Waals surface area contributed by atoms with E-state index in [2.05, 4.69) is 0 Å². The highest BCUT2D eigenvalue weighted by Crippen LogP contribution is 2.23. The Kier molecular flexibility index (Phi) is 5.73. The lowest BCUT2D eigenvalue weighted by molar-refractivity contribution is -0.131. The molecule has 0 saturated carbocycles. The van der Waals surface area contributed by atoms with Crippen LogP contribution in [0.25, 0.3) is 6.08 Å². The highest BCUT2D eigenvalue weighted by molar-refractivity contribution is 5.94. The zero-order valence-electron chi connectivity index (χ0n) is 13.5. The summed E-state index contributed by atoms with van der Waals surface area (Å²) in [6.45, 7) is 1.77. The number of methoxy groups -OCH3 is 1. The van der Waals surface area contributed by atoms with E-state index in [4.69, 9.17) is 14.6 Å². The van der Waals surface area contributed by atoms with Crippen molar-refractivity contribution in [1.82, 2.24) is 0 Å². The number of aliphatic carboxylic acids is 1. The van der Waals surface area contributed by atoms with E-state index in [1.807, 2.05) is 6.07 Å². The van der Waals surface area contributed by atoms with Gasteiger partial charge in [0.1, 0.15) is 18.1 Å². The lowest BCUT2D eigenvalue weighted by atomic mass is 10.1. The topological polar surface area (TPSA) is 72.8 Å². The number of hydrogen-bond acceptors (Lipinski definition) is 4. The molecular weight excluding hydrogens is 308 g/mol. The van der Waals surface area contributed by atoms with Gasteiger partial charge >= 0.3 is 5.97 Å². The zero-order valence-corrected chi connectivity index (χ0v) is 13.5. The predicted molar refractivity (Wildman–Crippen MR) is 90.4 cm³/mol. The average Bonchev–Trinajstić information content (AvgIpc) is 2.58. The monoisotopic (exact) mass is 326 g/mol. The predicted octanol–water partition coefficient (Wildman–Crippen LogP) is 3.57. The van der Waals surface area contributed by atoms with Crippen molar-refractivity contribution in [2.75, 3.05) is 7.11 Å². The Balaban J connectivity index is 2.13. The van der Waals surface area contributed by atoms with E-state index in [-0.39, 0.29) is 12.4 Å². The second-order valence-corrected chi connectivity index (χ2v) is 5.11. The largest absolute Gasteiger partial charge is 0.496 e. The first-order valence-corrected chi connectivity index (χ1v) is 7.31. The molecule has 2 aromatic rings. The van der Waals surface area contributed by atoms with Crippen molar-refractivity contribution in [3.8, 4) is 11.5 Å². The third kappa shape index (κ3) is 4.71. The number of ketones is 1. The van der Waals surface area contributed by atoms with Gasteiger partial charge in [0.2, 0.25) is 0 Å². The number of Topliss-reactive ketones (excluding diaryl/α,β-unsaturated/α-hetero) is 1. The number of carbonyl (C=O) groups is 2. The number of carboxylic acids is 1. The molecule has 0 fully saturated rings. The summed E-state index contributed by atoms with van der Waals surface area (Å²) in [4.78, 5) is 21.9. The first kappa shape index (κ1) is 17.3. The maximum atomic E-state index is 11.3. The molecule has 0 aliphatic rings. The average molecular weight is 326 g/mol. The van der Waals surface area contributed by atoms with Crippen LogP contribution < -0.4 is 9.47 Å². The van der Waals surface area contributed by atoms with Gasteiger partial charge in [0.15, 0.2) is 5.78 Å². The quantitative estimate of drug-likeness (QED) is 0.622. The molecule has 0 aromatic heterocycles. The number of hydrogen-bond donors (Lipinski definition) is 1. The fourth-order valence-electron chi connectivity index (χ4n) is 2.13. The highest BCUT2D eigenvalue weighted by Gasteiger charge is 2.06. The van der Waals surface area contributed by atoms with Gasteiger partial charge in [0.05, 0.1) is 7.11 Å². The van der Waals surface area contributed by atoms with Gasteiger partial charge in [-0.05, 0) is 55.0 Å². The third-order valence-electron chi connectivity index (χ3n) is 3.38. The maximum Gasteiger partial charge on any atom is 0.328 e. The van der Waals surface area contributed by atoms with E-state index in [0.717, 1.165) is 17.2 Å². The van der Waals surface area contributed by atoms with Crippen molar-refractivity contribution in [3.63, 3.8) is 0 Å². The van der Waals surface area contributed by atoms with Crippen LogP contribution in [0.5, 0.6) is 11.5 Å². The number of carbonyl (C=O) groups excluding carboxylic acids is 1. The Bertz CT molecular complexity index is 760. The molecule has 0 heterocycles.